The zero-order chi connectivity index (χ0) is 16.2. The molecule has 0 amide bonds. The monoisotopic (exact) mass is 324 g/mol. The molecule has 128 valence electrons. The lowest BCUT2D eigenvalue weighted by Gasteiger charge is -2.29. The summed E-state index contributed by atoms with van der Waals surface area (Å²) in [4.78, 5) is 6.92. The van der Waals surface area contributed by atoms with Gasteiger partial charge in [0.25, 0.3) is 0 Å². The lowest BCUT2D eigenvalue weighted by molar-refractivity contribution is 0.347. The van der Waals surface area contributed by atoms with Crippen molar-refractivity contribution in [1.82, 2.24) is 14.9 Å². The third-order valence-electron chi connectivity index (χ3n) is 5.45. The van der Waals surface area contributed by atoms with Gasteiger partial charge in [-0.15, -0.1) is 0 Å². The molecule has 2 aromatic rings. The minimum Gasteiger partial charge on any atom is -0.372 e. The first-order valence-electron chi connectivity index (χ1n) is 9.43. The van der Waals surface area contributed by atoms with Crippen molar-refractivity contribution in [2.75, 3.05) is 24.5 Å². The Morgan fingerprint density at radius 3 is 2.75 bits per heavy atom. The molecule has 0 radical (unpaired) electrons. The average Bonchev–Trinajstić information content (AvgIpc) is 3.11. The molecule has 2 aliphatic heterocycles. The Hall–Kier alpha value is -1.81. The van der Waals surface area contributed by atoms with Gasteiger partial charge >= 0.3 is 0 Å². The molecule has 1 saturated heterocycles. The number of nitrogens with zero attached hydrogens (tertiary/aromatic N) is 3. The van der Waals surface area contributed by atoms with Crippen molar-refractivity contribution < 1.29 is 0 Å². The maximum absolute atomic E-state index is 4.40. The zero-order valence-electron chi connectivity index (χ0n) is 14.5. The molecule has 3 heterocycles. The van der Waals surface area contributed by atoms with Gasteiger partial charge < -0.3 is 14.8 Å². The number of rotatable bonds is 5. The highest BCUT2D eigenvalue weighted by atomic mass is 15.1. The van der Waals surface area contributed by atoms with E-state index in [2.05, 4.69) is 50.2 Å². The smallest absolute Gasteiger partial charge is 0.108 e. The number of nitrogens with one attached hydrogen (secondary N) is 1. The van der Waals surface area contributed by atoms with E-state index in [0.29, 0.717) is 0 Å². The second-order valence-corrected chi connectivity index (χ2v) is 7.25. The molecule has 1 fully saturated rings. The number of piperidine rings is 1. The lowest BCUT2D eigenvalue weighted by Crippen LogP contribution is -2.30. The lowest BCUT2D eigenvalue weighted by atomic mass is 9.99. The Balaban J connectivity index is 1.24. The molecule has 1 aromatic heterocycles. The zero-order valence-corrected chi connectivity index (χ0v) is 14.5. The summed E-state index contributed by atoms with van der Waals surface area (Å²) >= 11 is 0. The Kier molecular flexibility index (Phi) is 4.83. The summed E-state index contributed by atoms with van der Waals surface area (Å²) in [5, 5.41) is 3.65. The van der Waals surface area contributed by atoms with Crippen LogP contribution >= 0.6 is 0 Å². The van der Waals surface area contributed by atoms with Crippen LogP contribution in [0.3, 0.4) is 0 Å². The molecule has 0 spiro atoms. The highest BCUT2D eigenvalue weighted by molar-refractivity contribution is 5.47. The normalized spacial score (nSPS) is 20.8. The van der Waals surface area contributed by atoms with Crippen molar-refractivity contribution >= 4 is 5.69 Å². The van der Waals surface area contributed by atoms with E-state index < -0.39 is 0 Å². The summed E-state index contributed by atoms with van der Waals surface area (Å²) < 4.78 is 2.31. The fraction of sp³-hybridized carbons (Fsp3) is 0.550. The molecule has 4 rings (SSSR count). The number of hydrogen-bond donors (Lipinski definition) is 1. The Bertz CT molecular complexity index is 640. The molecule has 4 nitrogen and oxygen atoms in total. The van der Waals surface area contributed by atoms with Crippen molar-refractivity contribution in [3.05, 3.63) is 48.0 Å². The van der Waals surface area contributed by atoms with Gasteiger partial charge in [-0.3, -0.25) is 0 Å². The highest BCUT2D eigenvalue weighted by Gasteiger charge is 2.18. The number of anilines is 1. The molecule has 1 aromatic carbocycles. The fourth-order valence-electron chi connectivity index (χ4n) is 4.00. The van der Waals surface area contributed by atoms with Gasteiger partial charge in [0.1, 0.15) is 5.82 Å². The molecule has 0 bridgehead atoms. The number of fused-ring (bicyclic) bond motifs is 1. The van der Waals surface area contributed by atoms with Crippen molar-refractivity contribution in [3.63, 3.8) is 0 Å². The van der Waals surface area contributed by atoms with E-state index in [0.717, 1.165) is 32.0 Å². The van der Waals surface area contributed by atoms with E-state index in [1.807, 2.05) is 6.20 Å². The van der Waals surface area contributed by atoms with Crippen LogP contribution in [0.4, 0.5) is 5.69 Å². The van der Waals surface area contributed by atoms with Crippen LogP contribution in [-0.2, 0) is 19.5 Å². The maximum atomic E-state index is 4.40. The summed E-state index contributed by atoms with van der Waals surface area (Å²) in [6, 6.07) is 9.15. The number of hydrogen-bond acceptors (Lipinski definition) is 3. The quantitative estimate of drug-likeness (QED) is 0.917. The van der Waals surface area contributed by atoms with Crippen LogP contribution in [0.2, 0.25) is 0 Å². The summed E-state index contributed by atoms with van der Waals surface area (Å²) in [6.45, 7) is 5.60. The van der Waals surface area contributed by atoms with E-state index in [4.69, 9.17) is 0 Å². The number of aryl methyl sites for hydroxylation is 1. The minimum absolute atomic E-state index is 0.722. The topological polar surface area (TPSA) is 33.1 Å². The summed E-state index contributed by atoms with van der Waals surface area (Å²) in [5.74, 6) is 1.97. The SMILES string of the molecule is c1cn2c(n1)CCC(CNCc1ccc(N3CCCCC3)cc1)C2. The van der Waals surface area contributed by atoms with E-state index in [1.54, 1.807) is 0 Å². The molecule has 0 saturated carbocycles. The van der Waals surface area contributed by atoms with Crippen LogP contribution < -0.4 is 10.2 Å². The van der Waals surface area contributed by atoms with Gasteiger partial charge in [-0.25, -0.2) is 4.98 Å². The molecule has 1 atom stereocenters. The van der Waals surface area contributed by atoms with E-state index in [-0.39, 0.29) is 0 Å². The molecular weight excluding hydrogens is 296 g/mol. The molecule has 0 aliphatic carbocycles. The molecular formula is C20H28N4. The molecule has 2 aliphatic rings. The van der Waals surface area contributed by atoms with Gasteiger partial charge in [0.2, 0.25) is 0 Å². The predicted molar refractivity (Wildman–Crippen MR) is 98.3 cm³/mol. The van der Waals surface area contributed by atoms with Crippen LogP contribution in [-0.4, -0.2) is 29.2 Å². The van der Waals surface area contributed by atoms with Gasteiger partial charge in [0.15, 0.2) is 0 Å². The molecule has 4 heteroatoms. The third kappa shape index (κ3) is 3.64. The van der Waals surface area contributed by atoms with Gasteiger partial charge in [-0.1, -0.05) is 12.1 Å². The third-order valence-corrected chi connectivity index (χ3v) is 5.45. The Morgan fingerprint density at radius 1 is 1.08 bits per heavy atom. The van der Waals surface area contributed by atoms with E-state index in [1.165, 1.54) is 55.8 Å². The Labute approximate surface area is 144 Å². The van der Waals surface area contributed by atoms with E-state index in [9.17, 15) is 0 Å². The number of benzene rings is 1. The number of aromatic nitrogens is 2. The number of imidazole rings is 1. The Morgan fingerprint density at radius 2 is 1.92 bits per heavy atom. The van der Waals surface area contributed by atoms with E-state index >= 15 is 0 Å². The van der Waals surface area contributed by atoms with Gasteiger partial charge in [-0.2, -0.15) is 0 Å². The summed E-state index contributed by atoms with van der Waals surface area (Å²) in [5.41, 5.74) is 2.77. The van der Waals surface area contributed by atoms with Crippen LogP contribution in [0, 0.1) is 5.92 Å². The highest BCUT2D eigenvalue weighted by Crippen LogP contribution is 2.21. The van der Waals surface area contributed by atoms with Gasteiger partial charge in [0.05, 0.1) is 0 Å². The van der Waals surface area contributed by atoms with Gasteiger partial charge in [0, 0.05) is 50.7 Å². The van der Waals surface area contributed by atoms with Gasteiger partial charge in [-0.05, 0) is 55.8 Å². The summed E-state index contributed by atoms with van der Waals surface area (Å²) in [7, 11) is 0. The second kappa shape index (κ2) is 7.39. The first-order chi connectivity index (χ1) is 11.9. The van der Waals surface area contributed by atoms with Crippen LogP contribution in [0.25, 0.3) is 0 Å². The second-order valence-electron chi connectivity index (χ2n) is 7.25. The van der Waals surface area contributed by atoms with Crippen LogP contribution in [0.5, 0.6) is 0 Å². The van der Waals surface area contributed by atoms with Crippen molar-refractivity contribution in [3.8, 4) is 0 Å². The molecule has 24 heavy (non-hydrogen) atoms. The minimum atomic E-state index is 0.722. The largest absolute Gasteiger partial charge is 0.372 e. The first-order valence-corrected chi connectivity index (χ1v) is 9.43. The maximum Gasteiger partial charge on any atom is 0.108 e. The van der Waals surface area contributed by atoms with Crippen molar-refractivity contribution in [2.24, 2.45) is 5.92 Å². The average molecular weight is 324 g/mol. The van der Waals surface area contributed by atoms with Crippen LogP contribution in [0.1, 0.15) is 37.1 Å². The van der Waals surface area contributed by atoms with Crippen molar-refractivity contribution in [2.45, 2.75) is 45.2 Å². The first kappa shape index (κ1) is 15.7. The fourth-order valence-corrected chi connectivity index (χ4v) is 4.00. The predicted octanol–water partition coefficient (Wildman–Crippen LogP) is 3.23. The molecule has 1 N–H and O–H groups in total. The molecule has 1 unspecified atom stereocenters. The standard InChI is InChI=1S/C20H28N4/c1-2-11-23(12-3-1)19-7-4-17(5-8-19)14-21-15-18-6-9-20-22-10-13-24(20)16-18/h4-5,7-8,10,13,18,21H,1-3,6,9,11-12,14-16H2. The van der Waals surface area contributed by atoms with Crippen molar-refractivity contribution in [1.29, 1.82) is 0 Å². The van der Waals surface area contributed by atoms with Crippen LogP contribution in [0.15, 0.2) is 36.7 Å². The summed E-state index contributed by atoms with van der Waals surface area (Å²) in [6.07, 6.45) is 10.5.